The molecule has 0 aliphatic heterocycles. The first-order chi connectivity index (χ1) is 8.61. The Balaban J connectivity index is 2.02. The van der Waals surface area contributed by atoms with E-state index >= 15 is 0 Å². The number of aryl methyl sites for hydroxylation is 2. The summed E-state index contributed by atoms with van der Waals surface area (Å²) in [5, 5.41) is 5.21. The average Bonchev–Trinajstić information content (AvgIpc) is 2.85. The molecule has 2 N–H and O–H groups in total. The molecule has 0 bridgehead atoms. The zero-order valence-electron chi connectivity index (χ0n) is 10.0. The number of nitrogen functional groups attached to an aromatic ring is 1. The number of hydrogen-bond donors (Lipinski definition) is 1. The summed E-state index contributed by atoms with van der Waals surface area (Å²) in [6, 6.07) is 4.05. The van der Waals surface area contributed by atoms with Crippen molar-refractivity contribution < 1.29 is 0 Å². The van der Waals surface area contributed by atoms with Crippen LogP contribution >= 0.6 is 23.1 Å². The number of benzene rings is 1. The first-order valence-corrected chi connectivity index (χ1v) is 7.08. The Labute approximate surface area is 113 Å². The second-order valence-electron chi connectivity index (χ2n) is 4.04. The molecule has 4 nitrogen and oxygen atoms in total. The topological polar surface area (TPSA) is 56.7 Å². The molecule has 0 saturated carbocycles. The van der Waals surface area contributed by atoms with Gasteiger partial charge in [0.25, 0.3) is 0 Å². The van der Waals surface area contributed by atoms with Gasteiger partial charge in [0, 0.05) is 23.8 Å². The lowest BCUT2D eigenvalue weighted by Crippen LogP contribution is -1.88. The minimum absolute atomic E-state index is 0.792. The number of nitrogens with two attached hydrogens (primary N) is 1. The van der Waals surface area contributed by atoms with Gasteiger partial charge in [0.15, 0.2) is 0 Å². The Morgan fingerprint density at radius 2 is 2.22 bits per heavy atom. The van der Waals surface area contributed by atoms with Crippen molar-refractivity contribution in [2.45, 2.75) is 16.7 Å². The summed E-state index contributed by atoms with van der Waals surface area (Å²) >= 11 is 3.28. The summed E-state index contributed by atoms with van der Waals surface area (Å²) in [6.45, 7) is 2.01. The second kappa shape index (κ2) is 4.29. The molecule has 2 aromatic heterocycles. The molecule has 1 aromatic carbocycles. The van der Waals surface area contributed by atoms with Gasteiger partial charge in [0.1, 0.15) is 0 Å². The van der Waals surface area contributed by atoms with Crippen molar-refractivity contribution in [1.82, 2.24) is 14.8 Å². The van der Waals surface area contributed by atoms with Gasteiger partial charge in [-0.2, -0.15) is 5.10 Å². The quantitative estimate of drug-likeness (QED) is 0.731. The van der Waals surface area contributed by atoms with Crippen LogP contribution in [0.3, 0.4) is 0 Å². The predicted octanol–water partition coefficient (Wildman–Crippen LogP) is 3.07. The molecule has 0 amide bonds. The maximum Gasteiger partial charge on any atom is 0.0907 e. The summed E-state index contributed by atoms with van der Waals surface area (Å²) < 4.78 is 2.92. The van der Waals surface area contributed by atoms with Crippen LogP contribution < -0.4 is 5.73 Å². The largest absolute Gasteiger partial charge is 0.398 e. The molecule has 3 rings (SSSR count). The van der Waals surface area contributed by atoms with E-state index in [1.807, 2.05) is 38.5 Å². The summed E-state index contributed by atoms with van der Waals surface area (Å²) in [6.07, 6.45) is 3.81. The second-order valence-corrected chi connectivity index (χ2v) is 6.39. The fourth-order valence-electron chi connectivity index (χ4n) is 1.75. The molecule has 18 heavy (non-hydrogen) atoms. The first kappa shape index (κ1) is 11.6. The van der Waals surface area contributed by atoms with Gasteiger partial charge < -0.3 is 5.73 Å². The average molecular weight is 276 g/mol. The highest BCUT2D eigenvalue weighted by atomic mass is 32.2. The number of fused-ring (bicyclic) bond motifs is 1. The summed E-state index contributed by atoms with van der Waals surface area (Å²) in [7, 11) is 1.90. The van der Waals surface area contributed by atoms with E-state index in [1.54, 1.807) is 27.8 Å². The van der Waals surface area contributed by atoms with Gasteiger partial charge in [0.2, 0.25) is 0 Å². The molecule has 0 saturated heterocycles. The third-order valence-electron chi connectivity index (χ3n) is 2.54. The predicted molar refractivity (Wildman–Crippen MR) is 76.1 cm³/mol. The Morgan fingerprint density at radius 3 is 2.94 bits per heavy atom. The minimum Gasteiger partial charge on any atom is -0.398 e. The van der Waals surface area contributed by atoms with Crippen LogP contribution in [-0.4, -0.2) is 14.8 Å². The zero-order valence-corrected chi connectivity index (χ0v) is 11.7. The normalized spacial score (nSPS) is 11.2. The lowest BCUT2D eigenvalue weighted by molar-refractivity contribution is 0.766. The van der Waals surface area contributed by atoms with Crippen molar-refractivity contribution >= 4 is 39.0 Å². The first-order valence-electron chi connectivity index (χ1n) is 5.45. The van der Waals surface area contributed by atoms with E-state index in [9.17, 15) is 0 Å². The van der Waals surface area contributed by atoms with Gasteiger partial charge in [-0.3, -0.25) is 4.68 Å². The van der Waals surface area contributed by atoms with Crippen LogP contribution in [0, 0.1) is 6.92 Å². The summed E-state index contributed by atoms with van der Waals surface area (Å²) in [5.41, 5.74) is 7.89. The van der Waals surface area contributed by atoms with Gasteiger partial charge in [-0.05, 0) is 19.1 Å². The van der Waals surface area contributed by atoms with E-state index in [4.69, 9.17) is 5.73 Å². The number of hydrogen-bond acceptors (Lipinski definition) is 5. The molecular weight excluding hydrogens is 264 g/mol. The molecule has 0 spiro atoms. The molecule has 0 unspecified atom stereocenters. The van der Waals surface area contributed by atoms with Crippen LogP contribution in [0.25, 0.3) is 10.2 Å². The summed E-state index contributed by atoms with van der Waals surface area (Å²) in [5.74, 6) is 0. The fourth-order valence-corrected chi connectivity index (χ4v) is 3.52. The number of aromatic nitrogens is 3. The van der Waals surface area contributed by atoms with Gasteiger partial charge in [-0.1, -0.05) is 11.8 Å². The van der Waals surface area contributed by atoms with Gasteiger partial charge >= 0.3 is 0 Å². The van der Waals surface area contributed by atoms with E-state index < -0.39 is 0 Å². The Morgan fingerprint density at radius 1 is 1.39 bits per heavy atom. The number of rotatable bonds is 2. The minimum atomic E-state index is 0.792. The molecule has 0 aliphatic carbocycles. The SMILES string of the molecule is Cc1nc2cc(Sc3cnn(C)c3)c(N)cc2s1. The van der Waals surface area contributed by atoms with Crippen LogP contribution in [0.15, 0.2) is 34.3 Å². The molecule has 0 aliphatic rings. The molecule has 2 heterocycles. The van der Waals surface area contributed by atoms with Crippen molar-refractivity contribution in [3.63, 3.8) is 0 Å². The van der Waals surface area contributed by atoms with Crippen molar-refractivity contribution in [3.8, 4) is 0 Å². The van der Waals surface area contributed by atoms with E-state index in [2.05, 4.69) is 10.1 Å². The Bertz CT molecular complexity index is 714. The Hall–Kier alpha value is -1.53. The van der Waals surface area contributed by atoms with Crippen LogP contribution in [0.1, 0.15) is 5.01 Å². The third-order valence-corrected chi connectivity index (χ3v) is 4.49. The van der Waals surface area contributed by atoms with Crippen molar-refractivity contribution in [2.24, 2.45) is 7.05 Å². The number of anilines is 1. The van der Waals surface area contributed by atoms with Crippen LogP contribution in [-0.2, 0) is 7.05 Å². The van der Waals surface area contributed by atoms with Crippen molar-refractivity contribution in [1.29, 1.82) is 0 Å². The molecule has 92 valence electrons. The molecule has 6 heteroatoms. The highest BCUT2D eigenvalue weighted by Crippen LogP contribution is 2.36. The number of nitrogens with zero attached hydrogens (tertiary/aromatic N) is 3. The lowest BCUT2D eigenvalue weighted by Gasteiger charge is -2.03. The number of thiazole rings is 1. The monoisotopic (exact) mass is 276 g/mol. The van der Waals surface area contributed by atoms with Crippen LogP contribution in [0.5, 0.6) is 0 Å². The van der Waals surface area contributed by atoms with Crippen LogP contribution in [0.4, 0.5) is 5.69 Å². The van der Waals surface area contributed by atoms with Crippen LogP contribution in [0.2, 0.25) is 0 Å². The van der Waals surface area contributed by atoms with Crippen molar-refractivity contribution in [3.05, 3.63) is 29.5 Å². The Kier molecular flexibility index (Phi) is 2.76. The molecule has 0 atom stereocenters. The van der Waals surface area contributed by atoms with Crippen molar-refractivity contribution in [2.75, 3.05) is 5.73 Å². The lowest BCUT2D eigenvalue weighted by atomic mass is 10.3. The molecule has 0 radical (unpaired) electrons. The van der Waals surface area contributed by atoms with E-state index in [1.165, 1.54) is 0 Å². The zero-order chi connectivity index (χ0) is 12.7. The summed E-state index contributed by atoms with van der Waals surface area (Å²) in [4.78, 5) is 6.60. The van der Waals surface area contributed by atoms with Gasteiger partial charge in [-0.15, -0.1) is 11.3 Å². The third kappa shape index (κ3) is 2.09. The standard InChI is InChI=1S/C12H12N4S2/c1-7-15-10-4-11(9(13)3-12(10)17-7)18-8-5-14-16(2)6-8/h3-6H,13H2,1-2H3. The maximum absolute atomic E-state index is 6.08. The smallest absolute Gasteiger partial charge is 0.0907 e. The fraction of sp³-hybridized carbons (Fsp3) is 0.167. The van der Waals surface area contributed by atoms with E-state index in [-0.39, 0.29) is 0 Å². The van der Waals surface area contributed by atoms with Gasteiger partial charge in [-0.25, -0.2) is 4.98 Å². The highest BCUT2D eigenvalue weighted by molar-refractivity contribution is 7.99. The maximum atomic E-state index is 6.08. The van der Waals surface area contributed by atoms with E-state index in [0.717, 1.165) is 30.7 Å². The highest BCUT2D eigenvalue weighted by Gasteiger charge is 2.08. The van der Waals surface area contributed by atoms with E-state index in [0.29, 0.717) is 0 Å². The van der Waals surface area contributed by atoms with Gasteiger partial charge in [0.05, 0.1) is 26.3 Å². The molecule has 0 fully saturated rings. The molecular formula is C12H12N4S2. The molecule has 3 aromatic rings.